The van der Waals surface area contributed by atoms with E-state index in [0.717, 1.165) is 18.4 Å². The van der Waals surface area contributed by atoms with E-state index in [1.54, 1.807) is 41.3 Å². The Kier molecular flexibility index (Phi) is 6.48. The quantitative estimate of drug-likeness (QED) is 0.616. The van der Waals surface area contributed by atoms with Crippen molar-refractivity contribution in [2.45, 2.75) is 32.6 Å². The molecular weight excluding hydrogens is 422 g/mol. The van der Waals surface area contributed by atoms with Gasteiger partial charge in [0.1, 0.15) is 0 Å². The van der Waals surface area contributed by atoms with Crippen LogP contribution in [-0.2, 0) is 9.59 Å². The highest BCUT2D eigenvalue weighted by atomic mass is 16.5. The van der Waals surface area contributed by atoms with E-state index in [4.69, 9.17) is 4.52 Å². The summed E-state index contributed by atoms with van der Waals surface area (Å²) in [5, 5.41) is 9.52. The molecule has 4 rings (SSSR count). The van der Waals surface area contributed by atoms with Crippen molar-refractivity contribution in [3.05, 3.63) is 60.0 Å². The molecule has 9 heteroatoms. The van der Waals surface area contributed by atoms with Crippen molar-refractivity contribution in [2.24, 2.45) is 0 Å². The molecule has 3 aromatic rings. The summed E-state index contributed by atoms with van der Waals surface area (Å²) in [4.78, 5) is 41.7. The molecule has 0 unspecified atom stereocenters. The molecule has 1 aliphatic heterocycles. The predicted molar refractivity (Wildman–Crippen MR) is 123 cm³/mol. The van der Waals surface area contributed by atoms with Crippen molar-refractivity contribution >= 4 is 29.1 Å². The number of piperidine rings is 1. The molecule has 1 aromatic heterocycles. The summed E-state index contributed by atoms with van der Waals surface area (Å²) in [6.07, 6.45) is 1.69. The number of nitrogens with zero attached hydrogens (tertiary/aromatic N) is 3. The number of amides is 3. The number of nitrogens with one attached hydrogen (secondary N) is 2. The molecule has 1 atom stereocenters. The molecule has 33 heavy (non-hydrogen) atoms. The van der Waals surface area contributed by atoms with Crippen molar-refractivity contribution in [3.8, 4) is 11.4 Å². The summed E-state index contributed by atoms with van der Waals surface area (Å²) in [5.41, 5.74) is 2.69. The molecule has 1 fully saturated rings. The Labute approximate surface area is 191 Å². The summed E-state index contributed by atoms with van der Waals surface area (Å²) < 4.78 is 5.53. The highest BCUT2D eigenvalue weighted by Gasteiger charge is 2.29. The van der Waals surface area contributed by atoms with Crippen LogP contribution in [0.25, 0.3) is 11.4 Å². The smallest absolute Gasteiger partial charge is 0.253 e. The Morgan fingerprint density at radius 2 is 1.55 bits per heavy atom. The first-order valence-corrected chi connectivity index (χ1v) is 10.8. The van der Waals surface area contributed by atoms with Gasteiger partial charge >= 0.3 is 0 Å². The number of hydrogen-bond donors (Lipinski definition) is 2. The SMILES string of the molecule is CC(=O)Nc1ccc(C(=O)N2CCC[C@H](c3nc(-c4ccc(NC(C)=O)cc4)no3)C2)cc1. The fourth-order valence-corrected chi connectivity index (χ4v) is 3.87. The molecule has 2 aromatic carbocycles. The lowest BCUT2D eigenvalue weighted by Crippen LogP contribution is -2.39. The second-order valence-corrected chi connectivity index (χ2v) is 8.06. The molecular formula is C24H25N5O4. The maximum atomic E-state index is 13.0. The van der Waals surface area contributed by atoms with Gasteiger partial charge in [0.2, 0.25) is 23.5 Å². The summed E-state index contributed by atoms with van der Waals surface area (Å²) in [7, 11) is 0. The standard InChI is InChI=1S/C24H25N5O4/c1-15(30)25-20-9-5-17(6-10-20)22-27-23(33-28-22)19-4-3-13-29(14-19)24(32)18-7-11-21(12-8-18)26-16(2)31/h5-12,19H,3-4,13-14H2,1-2H3,(H,25,30)(H,26,31)/t19-/m0/s1. The highest BCUT2D eigenvalue weighted by molar-refractivity contribution is 5.95. The Hall–Kier alpha value is -4.01. The van der Waals surface area contributed by atoms with Gasteiger partial charge in [0.05, 0.1) is 5.92 Å². The Bertz CT molecular complexity index is 1150. The minimum Gasteiger partial charge on any atom is -0.339 e. The second-order valence-electron chi connectivity index (χ2n) is 8.06. The fourth-order valence-electron chi connectivity index (χ4n) is 3.87. The Balaban J connectivity index is 1.42. The number of anilines is 2. The maximum Gasteiger partial charge on any atom is 0.253 e. The lowest BCUT2D eigenvalue weighted by atomic mass is 9.97. The average Bonchev–Trinajstić information content (AvgIpc) is 3.29. The number of benzene rings is 2. The van der Waals surface area contributed by atoms with Crippen LogP contribution in [0.2, 0.25) is 0 Å². The van der Waals surface area contributed by atoms with Gasteiger partial charge < -0.3 is 20.1 Å². The number of hydrogen-bond acceptors (Lipinski definition) is 6. The van der Waals surface area contributed by atoms with Gasteiger partial charge in [-0.1, -0.05) is 5.16 Å². The minimum atomic E-state index is -0.157. The zero-order valence-electron chi connectivity index (χ0n) is 18.5. The Morgan fingerprint density at radius 1 is 0.939 bits per heavy atom. The van der Waals surface area contributed by atoms with Crippen LogP contribution >= 0.6 is 0 Å². The predicted octanol–water partition coefficient (Wildman–Crippen LogP) is 3.67. The van der Waals surface area contributed by atoms with Crippen molar-refractivity contribution in [1.82, 2.24) is 15.0 Å². The molecule has 0 aliphatic carbocycles. The van der Waals surface area contributed by atoms with Crippen LogP contribution in [-0.4, -0.2) is 45.9 Å². The lowest BCUT2D eigenvalue weighted by molar-refractivity contribution is -0.115. The van der Waals surface area contributed by atoms with Crippen LogP contribution in [0, 0.1) is 0 Å². The number of carbonyl (C=O) groups is 3. The first-order valence-electron chi connectivity index (χ1n) is 10.8. The van der Waals surface area contributed by atoms with Crippen LogP contribution in [0.15, 0.2) is 53.1 Å². The molecule has 2 heterocycles. The zero-order valence-corrected chi connectivity index (χ0v) is 18.5. The van der Waals surface area contributed by atoms with E-state index in [1.165, 1.54) is 13.8 Å². The monoisotopic (exact) mass is 447 g/mol. The molecule has 0 radical (unpaired) electrons. The number of aromatic nitrogens is 2. The van der Waals surface area contributed by atoms with Crippen LogP contribution in [0.4, 0.5) is 11.4 Å². The van der Waals surface area contributed by atoms with Gasteiger partial charge in [0.25, 0.3) is 5.91 Å². The normalized spacial score (nSPS) is 15.7. The summed E-state index contributed by atoms with van der Waals surface area (Å²) in [6.45, 7) is 4.05. The molecule has 1 saturated heterocycles. The molecule has 170 valence electrons. The fraction of sp³-hybridized carbons (Fsp3) is 0.292. The van der Waals surface area contributed by atoms with Crippen molar-refractivity contribution in [1.29, 1.82) is 0 Å². The molecule has 0 spiro atoms. The molecule has 9 nitrogen and oxygen atoms in total. The second kappa shape index (κ2) is 9.64. The summed E-state index contributed by atoms with van der Waals surface area (Å²) in [5.74, 6) is 0.578. The lowest BCUT2D eigenvalue weighted by Gasteiger charge is -2.31. The minimum absolute atomic E-state index is 0.0405. The van der Waals surface area contributed by atoms with Crippen LogP contribution in [0.3, 0.4) is 0 Å². The van der Waals surface area contributed by atoms with Crippen molar-refractivity contribution in [3.63, 3.8) is 0 Å². The van der Waals surface area contributed by atoms with E-state index in [1.807, 2.05) is 12.1 Å². The third-order valence-corrected chi connectivity index (χ3v) is 5.42. The molecule has 0 bridgehead atoms. The summed E-state index contributed by atoms with van der Waals surface area (Å²) in [6, 6.07) is 14.1. The molecule has 3 amide bonds. The van der Waals surface area contributed by atoms with E-state index in [-0.39, 0.29) is 23.6 Å². The zero-order chi connectivity index (χ0) is 23.4. The number of rotatable bonds is 5. The number of carbonyl (C=O) groups excluding carboxylic acids is 3. The van der Waals surface area contributed by atoms with Crippen molar-refractivity contribution in [2.75, 3.05) is 23.7 Å². The van der Waals surface area contributed by atoms with E-state index in [0.29, 0.717) is 41.7 Å². The largest absolute Gasteiger partial charge is 0.339 e. The third-order valence-electron chi connectivity index (χ3n) is 5.42. The first kappa shape index (κ1) is 22.2. The number of likely N-dealkylation sites (tertiary alicyclic amines) is 1. The maximum absolute atomic E-state index is 13.0. The van der Waals surface area contributed by atoms with E-state index in [2.05, 4.69) is 20.8 Å². The molecule has 2 N–H and O–H groups in total. The average molecular weight is 447 g/mol. The summed E-state index contributed by atoms with van der Waals surface area (Å²) >= 11 is 0. The third kappa shape index (κ3) is 5.43. The van der Waals surface area contributed by atoms with Gasteiger partial charge in [0, 0.05) is 49.4 Å². The van der Waals surface area contributed by atoms with Gasteiger partial charge in [-0.05, 0) is 61.4 Å². The van der Waals surface area contributed by atoms with Gasteiger partial charge in [0.15, 0.2) is 0 Å². The van der Waals surface area contributed by atoms with E-state index in [9.17, 15) is 14.4 Å². The molecule has 1 aliphatic rings. The van der Waals surface area contributed by atoms with Gasteiger partial charge in [-0.2, -0.15) is 4.98 Å². The van der Waals surface area contributed by atoms with E-state index < -0.39 is 0 Å². The van der Waals surface area contributed by atoms with Crippen LogP contribution in [0.5, 0.6) is 0 Å². The van der Waals surface area contributed by atoms with Crippen LogP contribution in [0.1, 0.15) is 48.9 Å². The van der Waals surface area contributed by atoms with Gasteiger partial charge in [-0.15, -0.1) is 0 Å². The highest BCUT2D eigenvalue weighted by Crippen LogP contribution is 2.29. The van der Waals surface area contributed by atoms with Crippen LogP contribution < -0.4 is 10.6 Å². The van der Waals surface area contributed by atoms with Crippen molar-refractivity contribution < 1.29 is 18.9 Å². The van der Waals surface area contributed by atoms with Gasteiger partial charge in [-0.3, -0.25) is 14.4 Å². The Morgan fingerprint density at radius 3 is 2.15 bits per heavy atom. The van der Waals surface area contributed by atoms with E-state index >= 15 is 0 Å². The van der Waals surface area contributed by atoms with Gasteiger partial charge in [-0.25, -0.2) is 0 Å². The molecule has 0 saturated carbocycles. The first-order chi connectivity index (χ1) is 15.9. The topological polar surface area (TPSA) is 117 Å².